The summed E-state index contributed by atoms with van der Waals surface area (Å²) in [5.74, 6) is 1.26. The summed E-state index contributed by atoms with van der Waals surface area (Å²) in [4.78, 5) is 6.23. The number of thioether (sulfide) groups is 1. The van der Waals surface area contributed by atoms with Gasteiger partial charge < -0.3 is 9.38 Å². The van der Waals surface area contributed by atoms with Crippen molar-refractivity contribution in [2.45, 2.75) is 24.7 Å². The van der Waals surface area contributed by atoms with Crippen molar-refractivity contribution in [3.8, 4) is 5.69 Å². The molecule has 0 atom stereocenters. The number of benzene rings is 3. The van der Waals surface area contributed by atoms with Gasteiger partial charge in [0.15, 0.2) is 0 Å². The van der Waals surface area contributed by atoms with E-state index in [0.717, 1.165) is 37.0 Å². The molecule has 39 heavy (non-hydrogen) atoms. The van der Waals surface area contributed by atoms with Crippen LogP contribution in [0.2, 0.25) is 0 Å². The predicted octanol–water partition coefficient (Wildman–Crippen LogP) is 6.97. The minimum atomic E-state index is 0. The number of para-hydroxylation sites is 3. The summed E-state index contributed by atoms with van der Waals surface area (Å²) >= 11 is 1.85. The molecule has 4 nitrogen and oxygen atoms in total. The Morgan fingerprint density at radius 1 is 0.897 bits per heavy atom. The molecule has 1 aliphatic rings. The van der Waals surface area contributed by atoms with Gasteiger partial charge in [-0.15, -0.1) is 0 Å². The zero-order valence-corrected chi connectivity index (χ0v) is 27.6. The maximum atomic E-state index is 2.59. The van der Waals surface area contributed by atoms with Crippen molar-refractivity contribution in [2.75, 3.05) is 57.6 Å². The van der Waals surface area contributed by atoms with E-state index in [2.05, 4.69) is 140 Å². The van der Waals surface area contributed by atoms with Crippen molar-refractivity contribution in [1.82, 2.24) is 0 Å². The van der Waals surface area contributed by atoms with Gasteiger partial charge in [0.1, 0.15) is 11.2 Å². The molecule has 1 radical (unpaired) electrons. The number of rotatable bonds is 9. The minimum absolute atomic E-state index is 0. The summed E-state index contributed by atoms with van der Waals surface area (Å²) in [5, 5.41) is 2.52. The largest absolute Gasteiger partial charge is 0.338 e. The average molecular weight is 614 g/mol. The number of nitrogens with zero attached hydrogens (tertiary/aromatic N) is 4. The van der Waals surface area contributed by atoms with E-state index in [9.17, 15) is 0 Å². The quantitative estimate of drug-likeness (QED) is 0.149. The van der Waals surface area contributed by atoms with Crippen molar-refractivity contribution in [1.29, 1.82) is 0 Å². The third-order valence-corrected chi connectivity index (χ3v) is 8.28. The van der Waals surface area contributed by atoms with Gasteiger partial charge in [-0.1, -0.05) is 67.2 Å². The topological polar surface area (TPSA) is 10.4 Å². The van der Waals surface area contributed by atoms with E-state index in [1.54, 1.807) is 0 Å². The van der Waals surface area contributed by atoms with Gasteiger partial charge in [0.2, 0.25) is 0 Å². The van der Waals surface area contributed by atoms with Gasteiger partial charge in [0.05, 0.1) is 51.5 Å². The molecular formula is C33H40N4SY+2. The van der Waals surface area contributed by atoms with Crippen LogP contribution < -0.4 is 14.4 Å². The molecule has 3 aromatic carbocycles. The van der Waals surface area contributed by atoms with E-state index in [0.29, 0.717) is 0 Å². The first kappa shape index (κ1) is 29.8. The van der Waals surface area contributed by atoms with Crippen LogP contribution >= 0.6 is 11.8 Å². The Kier molecular flexibility index (Phi) is 9.93. The van der Waals surface area contributed by atoms with Crippen LogP contribution in [0.5, 0.6) is 0 Å². The first-order chi connectivity index (χ1) is 18.4. The fourth-order valence-corrected chi connectivity index (χ4v) is 6.35. The van der Waals surface area contributed by atoms with Gasteiger partial charge in [-0.25, -0.2) is 0 Å². The molecule has 0 amide bonds. The van der Waals surface area contributed by atoms with Gasteiger partial charge in [0, 0.05) is 62.5 Å². The average Bonchev–Trinajstić information content (AvgIpc) is 3.23. The second-order valence-corrected chi connectivity index (χ2v) is 12.2. The summed E-state index contributed by atoms with van der Waals surface area (Å²) in [7, 11) is 9.02. The van der Waals surface area contributed by atoms with Gasteiger partial charge in [-0.3, -0.25) is 4.90 Å². The smallest absolute Gasteiger partial charge is 0.282 e. The molecule has 0 aliphatic carbocycles. The van der Waals surface area contributed by atoms with Crippen molar-refractivity contribution in [3.05, 3.63) is 95.5 Å². The third kappa shape index (κ3) is 6.77. The van der Waals surface area contributed by atoms with Crippen LogP contribution in [0.3, 0.4) is 0 Å². The van der Waals surface area contributed by atoms with E-state index < -0.39 is 0 Å². The Labute approximate surface area is 263 Å². The molecular weight excluding hydrogens is 573 g/mol. The van der Waals surface area contributed by atoms with Gasteiger partial charge in [-0.2, -0.15) is 4.57 Å². The number of quaternary nitrogens is 1. The summed E-state index contributed by atoms with van der Waals surface area (Å²) in [6.45, 7) is 5.49. The fraction of sp³-hybridized carbons (Fsp3) is 0.303. The molecule has 0 saturated carbocycles. The van der Waals surface area contributed by atoms with Crippen LogP contribution in [0.25, 0.3) is 22.7 Å². The number of hydrogen-bond acceptors (Lipinski definition) is 3. The monoisotopic (exact) mass is 613 g/mol. The first-order valence-corrected chi connectivity index (χ1v) is 14.5. The molecule has 0 unspecified atom stereocenters. The Morgan fingerprint density at radius 2 is 1.59 bits per heavy atom. The van der Waals surface area contributed by atoms with Gasteiger partial charge >= 0.3 is 0 Å². The fourth-order valence-electron chi connectivity index (χ4n) is 5.24. The standard InChI is InChI=1S/C33H40N4S.Y/c1-6-21-35(22-14-23-37(3,4)5)32-24-26(25-33-34(2)30-19-12-13-20-31(30)38-33)28-17-10-11-18-29(28)36(32)27-15-8-7-9-16-27;/h7-13,15-20,24-25H,6,14,21-23H2,1-5H3;/q+2;. The van der Waals surface area contributed by atoms with E-state index in [1.807, 2.05) is 11.8 Å². The van der Waals surface area contributed by atoms with E-state index in [-0.39, 0.29) is 32.7 Å². The third-order valence-electron chi connectivity index (χ3n) is 7.11. The molecule has 0 N–H and O–H groups in total. The Hall–Kier alpha value is -2.18. The Morgan fingerprint density at radius 3 is 2.31 bits per heavy atom. The maximum Gasteiger partial charge on any atom is 0.282 e. The molecule has 2 heterocycles. The molecule has 1 aromatic heterocycles. The molecule has 0 spiro atoms. The van der Waals surface area contributed by atoms with Gasteiger partial charge in [0.25, 0.3) is 5.82 Å². The number of aromatic nitrogens is 1. The summed E-state index contributed by atoms with van der Waals surface area (Å²) < 4.78 is 3.44. The number of hydrogen-bond donors (Lipinski definition) is 0. The van der Waals surface area contributed by atoms with Crippen LogP contribution in [0.4, 0.5) is 11.5 Å². The van der Waals surface area contributed by atoms with Crippen LogP contribution in [-0.2, 0) is 32.7 Å². The SMILES string of the molecule is CCCN(CCC[N+](C)(C)C)c1cc(C=C2Sc3ccccc3N2C)c2ccccc2[n+]1-c1ccccc1.[Y]. The molecule has 6 heteroatoms. The van der Waals surface area contributed by atoms with Crippen LogP contribution in [0.1, 0.15) is 25.3 Å². The molecule has 1 aliphatic heterocycles. The van der Waals surface area contributed by atoms with Crippen molar-refractivity contribution in [3.63, 3.8) is 0 Å². The Balaban J connectivity index is 0.00000353. The first-order valence-electron chi connectivity index (χ1n) is 13.7. The van der Waals surface area contributed by atoms with Crippen LogP contribution in [-0.4, -0.2) is 52.3 Å². The zero-order chi connectivity index (χ0) is 26.7. The predicted molar refractivity (Wildman–Crippen MR) is 164 cm³/mol. The number of pyridine rings is 1. The zero-order valence-electron chi connectivity index (χ0n) is 24.0. The summed E-state index contributed by atoms with van der Waals surface area (Å²) in [6.07, 6.45) is 4.63. The van der Waals surface area contributed by atoms with Crippen molar-refractivity contribution in [2.24, 2.45) is 0 Å². The summed E-state index contributed by atoms with van der Waals surface area (Å²) in [6, 6.07) is 30.8. The van der Waals surface area contributed by atoms with Crippen molar-refractivity contribution < 1.29 is 41.8 Å². The van der Waals surface area contributed by atoms with E-state index >= 15 is 0 Å². The molecule has 0 saturated heterocycles. The van der Waals surface area contributed by atoms with E-state index in [4.69, 9.17) is 0 Å². The van der Waals surface area contributed by atoms with Crippen LogP contribution in [0.15, 0.2) is 94.9 Å². The van der Waals surface area contributed by atoms with Crippen LogP contribution in [0, 0.1) is 0 Å². The Bertz CT molecular complexity index is 1450. The maximum absolute atomic E-state index is 2.59. The van der Waals surface area contributed by atoms with Crippen molar-refractivity contribution >= 4 is 40.2 Å². The second-order valence-electron chi connectivity index (χ2n) is 11.1. The molecule has 199 valence electrons. The second kappa shape index (κ2) is 13.0. The number of fused-ring (bicyclic) bond motifs is 2. The minimum Gasteiger partial charge on any atom is -0.338 e. The normalized spacial score (nSPS) is 14.0. The molecule has 0 bridgehead atoms. The van der Waals surface area contributed by atoms with E-state index in [1.165, 1.54) is 43.6 Å². The molecule has 5 rings (SSSR count). The molecule has 4 aromatic rings. The summed E-state index contributed by atoms with van der Waals surface area (Å²) in [5.41, 5.74) is 4.97. The van der Waals surface area contributed by atoms with Gasteiger partial charge in [-0.05, 0) is 48.4 Å². The number of anilines is 2. The molecule has 0 fully saturated rings.